The van der Waals surface area contributed by atoms with Gasteiger partial charge in [0.2, 0.25) is 5.91 Å². The molecule has 1 heterocycles. The maximum Gasteiger partial charge on any atom is 0.416 e. The quantitative estimate of drug-likeness (QED) is 0.831. The normalized spacial score (nSPS) is 19.6. The van der Waals surface area contributed by atoms with Crippen LogP contribution < -0.4 is 11.1 Å². The Morgan fingerprint density at radius 1 is 1.29 bits per heavy atom. The van der Waals surface area contributed by atoms with Crippen LogP contribution in [0.3, 0.4) is 0 Å². The summed E-state index contributed by atoms with van der Waals surface area (Å²) in [4.78, 5) is 11.9. The van der Waals surface area contributed by atoms with Crippen LogP contribution in [-0.2, 0) is 27.4 Å². The first-order valence-corrected chi connectivity index (χ1v) is 8.83. The zero-order valence-electron chi connectivity index (χ0n) is 12.6. The topological polar surface area (TPSA) is 89.3 Å². The molecular formula is C14H18ClF3N2O3S. The second-order valence-corrected chi connectivity index (χ2v) is 7.87. The number of anilines is 1. The number of benzene rings is 1. The van der Waals surface area contributed by atoms with Gasteiger partial charge in [0.15, 0.2) is 9.84 Å². The smallest absolute Gasteiger partial charge is 0.326 e. The van der Waals surface area contributed by atoms with Crippen LogP contribution in [0.1, 0.15) is 24.0 Å². The molecule has 0 aromatic heterocycles. The van der Waals surface area contributed by atoms with Gasteiger partial charge in [0, 0.05) is 18.7 Å². The molecule has 1 atom stereocenters. The van der Waals surface area contributed by atoms with Crippen LogP contribution in [0.25, 0.3) is 0 Å². The first kappa shape index (κ1) is 20.7. The molecule has 1 aromatic carbocycles. The molecule has 24 heavy (non-hydrogen) atoms. The minimum absolute atomic E-state index is 0. The molecule has 1 amide bonds. The van der Waals surface area contributed by atoms with Crippen molar-refractivity contribution in [2.45, 2.75) is 25.6 Å². The van der Waals surface area contributed by atoms with Crippen molar-refractivity contribution in [1.29, 1.82) is 0 Å². The Labute approximate surface area is 144 Å². The summed E-state index contributed by atoms with van der Waals surface area (Å²) >= 11 is 0. The molecule has 0 radical (unpaired) electrons. The fourth-order valence-electron chi connectivity index (χ4n) is 2.55. The van der Waals surface area contributed by atoms with Gasteiger partial charge in [-0.25, -0.2) is 8.42 Å². The Bertz CT molecular complexity index is 708. The van der Waals surface area contributed by atoms with Crippen LogP contribution in [0.2, 0.25) is 0 Å². The lowest BCUT2D eigenvalue weighted by atomic mass is 10.0. The van der Waals surface area contributed by atoms with Gasteiger partial charge in [0.05, 0.1) is 17.1 Å². The number of carbonyl (C=O) groups excluding carboxylic acids is 1. The lowest BCUT2D eigenvalue weighted by Gasteiger charge is -2.13. The fraction of sp³-hybridized carbons (Fsp3) is 0.500. The van der Waals surface area contributed by atoms with E-state index in [1.165, 1.54) is 6.07 Å². The standard InChI is InChI=1S/C14H17F3N2O3S.ClH/c15-14(16,17)11-3-10(7-18)4-12(6-11)19-13(20)5-9-1-2-23(21,22)8-9;/h3-4,6,9H,1-2,5,7-8,18H2,(H,19,20);1H. The average molecular weight is 387 g/mol. The Morgan fingerprint density at radius 2 is 1.96 bits per heavy atom. The van der Waals surface area contributed by atoms with Crippen molar-refractivity contribution in [3.8, 4) is 0 Å². The van der Waals surface area contributed by atoms with E-state index in [1.54, 1.807) is 0 Å². The largest absolute Gasteiger partial charge is 0.416 e. The monoisotopic (exact) mass is 386 g/mol. The maximum atomic E-state index is 12.8. The molecule has 1 fully saturated rings. The summed E-state index contributed by atoms with van der Waals surface area (Å²) < 4.78 is 61.1. The average Bonchev–Trinajstić information content (AvgIpc) is 2.76. The van der Waals surface area contributed by atoms with Crippen molar-refractivity contribution in [3.63, 3.8) is 0 Å². The Kier molecular flexibility index (Phi) is 6.66. The van der Waals surface area contributed by atoms with Gasteiger partial charge in [-0.2, -0.15) is 13.2 Å². The zero-order chi connectivity index (χ0) is 17.3. The Morgan fingerprint density at radius 3 is 2.46 bits per heavy atom. The minimum Gasteiger partial charge on any atom is -0.326 e. The number of rotatable bonds is 4. The third kappa shape index (κ3) is 5.64. The van der Waals surface area contributed by atoms with Crippen molar-refractivity contribution in [2.24, 2.45) is 11.7 Å². The van der Waals surface area contributed by atoms with E-state index in [0.29, 0.717) is 6.42 Å². The van der Waals surface area contributed by atoms with Gasteiger partial charge in [0.25, 0.3) is 0 Å². The molecule has 5 nitrogen and oxygen atoms in total. The first-order valence-electron chi connectivity index (χ1n) is 7.00. The molecule has 1 saturated heterocycles. The van der Waals surface area contributed by atoms with Crippen molar-refractivity contribution < 1.29 is 26.4 Å². The third-order valence-electron chi connectivity index (χ3n) is 3.64. The zero-order valence-corrected chi connectivity index (χ0v) is 14.2. The number of carbonyl (C=O) groups is 1. The molecule has 1 unspecified atom stereocenters. The fourth-order valence-corrected chi connectivity index (χ4v) is 4.41. The summed E-state index contributed by atoms with van der Waals surface area (Å²) in [5, 5.41) is 2.39. The molecule has 0 spiro atoms. The molecule has 10 heteroatoms. The predicted molar refractivity (Wildman–Crippen MR) is 86.6 cm³/mol. The lowest BCUT2D eigenvalue weighted by molar-refractivity contribution is -0.137. The van der Waals surface area contributed by atoms with E-state index in [1.807, 2.05) is 0 Å². The van der Waals surface area contributed by atoms with Crippen molar-refractivity contribution in [1.82, 2.24) is 0 Å². The first-order chi connectivity index (χ1) is 10.6. The molecule has 1 aliphatic rings. The number of hydrogen-bond acceptors (Lipinski definition) is 4. The molecule has 1 aromatic rings. The number of hydrogen-bond donors (Lipinski definition) is 2. The Balaban J connectivity index is 0.00000288. The van der Waals surface area contributed by atoms with Gasteiger partial charge in [-0.05, 0) is 36.1 Å². The summed E-state index contributed by atoms with van der Waals surface area (Å²) in [6.07, 6.45) is -4.18. The van der Waals surface area contributed by atoms with E-state index in [2.05, 4.69) is 5.32 Å². The van der Waals surface area contributed by atoms with Crippen LogP contribution in [-0.4, -0.2) is 25.8 Å². The van der Waals surface area contributed by atoms with Crippen molar-refractivity contribution >= 4 is 33.8 Å². The van der Waals surface area contributed by atoms with Gasteiger partial charge in [0.1, 0.15) is 0 Å². The molecule has 0 bridgehead atoms. The molecule has 0 saturated carbocycles. The summed E-state index contributed by atoms with van der Waals surface area (Å²) in [6, 6.07) is 3.14. The summed E-state index contributed by atoms with van der Waals surface area (Å²) in [5.41, 5.74) is 4.74. The van der Waals surface area contributed by atoms with E-state index in [9.17, 15) is 26.4 Å². The van der Waals surface area contributed by atoms with Gasteiger partial charge in [-0.1, -0.05) is 0 Å². The van der Waals surface area contributed by atoms with E-state index < -0.39 is 27.5 Å². The SMILES string of the molecule is Cl.NCc1cc(NC(=O)CC2CCS(=O)(=O)C2)cc(C(F)(F)F)c1. The van der Waals surface area contributed by atoms with Crippen molar-refractivity contribution in [3.05, 3.63) is 29.3 Å². The highest BCUT2D eigenvalue weighted by molar-refractivity contribution is 7.91. The highest BCUT2D eigenvalue weighted by Crippen LogP contribution is 2.32. The number of nitrogens with two attached hydrogens (primary N) is 1. The van der Waals surface area contributed by atoms with Crippen LogP contribution >= 0.6 is 12.4 Å². The third-order valence-corrected chi connectivity index (χ3v) is 5.48. The summed E-state index contributed by atoms with van der Waals surface area (Å²) in [5.74, 6) is -0.808. The number of alkyl halides is 3. The highest BCUT2D eigenvalue weighted by atomic mass is 35.5. The van der Waals surface area contributed by atoms with Gasteiger partial charge >= 0.3 is 6.18 Å². The second kappa shape index (κ2) is 7.71. The number of amides is 1. The summed E-state index contributed by atoms with van der Waals surface area (Å²) in [7, 11) is -3.10. The van der Waals surface area contributed by atoms with Crippen molar-refractivity contribution in [2.75, 3.05) is 16.8 Å². The van der Waals surface area contributed by atoms with Crippen LogP contribution in [0.5, 0.6) is 0 Å². The van der Waals surface area contributed by atoms with Crippen LogP contribution in [0, 0.1) is 5.92 Å². The molecule has 0 aliphatic carbocycles. The number of halogens is 4. The molecule has 3 N–H and O–H groups in total. The molecule has 1 aliphatic heterocycles. The molecule has 136 valence electrons. The number of sulfone groups is 1. The van der Waals surface area contributed by atoms with E-state index in [-0.39, 0.29) is 54.0 Å². The van der Waals surface area contributed by atoms with Gasteiger partial charge in [-0.3, -0.25) is 4.79 Å². The van der Waals surface area contributed by atoms with Crippen LogP contribution in [0.15, 0.2) is 18.2 Å². The summed E-state index contributed by atoms with van der Waals surface area (Å²) in [6.45, 7) is -0.0896. The second-order valence-electron chi connectivity index (χ2n) is 5.64. The predicted octanol–water partition coefficient (Wildman–Crippen LogP) is 2.35. The molecular weight excluding hydrogens is 369 g/mol. The van der Waals surface area contributed by atoms with Gasteiger partial charge < -0.3 is 11.1 Å². The Hall–Kier alpha value is -1.32. The number of nitrogens with one attached hydrogen (secondary N) is 1. The lowest BCUT2D eigenvalue weighted by Crippen LogP contribution is -2.18. The van der Waals surface area contributed by atoms with E-state index >= 15 is 0 Å². The minimum atomic E-state index is -4.54. The molecule has 2 rings (SSSR count). The van der Waals surface area contributed by atoms with E-state index in [4.69, 9.17) is 5.73 Å². The highest BCUT2D eigenvalue weighted by Gasteiger charge is 2.32. The maximum absolute atomic E-state index is 12.8. The van der Waals surface area contributed by atoms with E-state index in [0.717, 1.165) is 12.1 Å². The van der Waals surface area contributed by atoms with Crippen LogP contribution in [0.4, 0.5) is 18.9 Å². The van der Waals surface area contributed by atoms with Gasteiger partial charge in [-0.15, -0.1) is 12.4 Å².